The zero-order valence-corrected chi connectivity index (χ0v) is 18.9. The number of nitrogens with one attached hydrogen (secondary N) is 2. The molecule has 0 aliphatic carbocycles. The highest BCUT2D eigenvalue weighted by Crippen LogP contribution is 2.23. The van der Waals surface area contributed by atoms with E-state index >= 15 is 0 Å². The van der Waals surface area contributed by atoms with Crippen molar-refractivity contribution in [3.63, 3.8) is 0 Å². The Hall–Kier alpha value is -3.06. The Morgan fingerprint density at radius 1 is 0.906 bits per heavy atom. The number of halogens is 3. The van der Waals surface area contributed by atoms with Crippen molar-refractivity contribution in [3.8, 4) is 5.75 Å². The minimum Gasteiger partial charge on any atom is -0.489 e. The molecule has 0 fully saturated rings. The number of anilines is 1. The normalized spacial score (nSPS) is 10.7. The number of benzene rings is 3. The number of rotatable bonds is 8. The van der Waals surface area contributed by atoms with Crippen LogP contribution in [0.4, 0.5) is 5.69 Å². The topological polar surface area (TPSA) is 79.8 Å². The van der Waals surface area contributed by atoms with E-state index < -0.39 is 11.8 Å². The molecule has 2 amide bonds. The second-order valence-corrected chi connectivity index (χ2v) is 7.84. The molecule has 0 bridgehead atoms. The van der Waals surface area contributed by atoms with Crippen molar-refractivity contribution in [2.75, 3.05) is 5.32 Å². The van der Waals surface area contributed by atoms with Crippen LogP contribution in [0.2, 0.25) is 15.1 Å². The second-order valence-electron chi connectivity index (χ2n) is 6.59. The van der Waals surface area contributed by atoms with Gasteiger partial charge in [-0.25, -0.2) is 5.43 Å². The third kappa shape index (κ3) is 7.27. The Balaban J connectivity index is 1.44. The molecule has 6 nitrogen and oxygen atoms in total. The van der Waals surface area contributed by atoms with E-state index in [1.165, 1.54) is 6.21 Å². The van der Waals surface area contributed by atoms with Crippen molar-refractivity contribution in [2.24, 2.45) is 5.10 Å². The lowest BCUT2D eigenvalue weighted by Gasteiger charge is -2.08. The number of hydrogen-bond donors (Lipinski definition) is 2. The van der Waals surface area contributed by atoms with Crippen molar-refractivity contribution in [1.82, 2.24) is 5.43 Å². The molecule has 3 aromatic carbocycles. The molecule has 0 aliphatic rings. The Kier molecular flexibility index (Phi) is 8.50. The van der Waals surface area contributed by atoms with Gasteiger partial charge < -0.3 is 10.1 Å². The van der Waals surface area contributed by atoms with Gasteiger partial charge in [-0.05, 0) is 54.1 Å². The molecule has 0 atom stereocenters. The number of hydrazone groups is 1. The molecule has 0 radical (unpaired) electrons. The van der Waals surface area contributed by atoms with Gasteiger partial charge in [0.15, 0.2) is 0 Å². The first kappa shape index (κ1) is 23.6. The molecule has 0 aromatic heterocycles. The third-order valence-corrected chi connectivity index (χ3v) is 5.08. The Morgan fingerprint density at radius 3 is 2.38 bits per heavy atom. The van der Waals surface area contributed by atoms with E-state index in [4.69, 9.17) is 39.5 Å². The van der Waals surface area contributed by atoms with E-state index in [0.717, 1.165) is 11.1 Å². The highest BCUT2D eigenvalue weighted by atomic mass is 35.5. The van der Waals surface area contributed by atoms with E-state index in [2.05, 4.69) is 15.8 Å². The van der Waals surface area contributed by atoms with Gasteiger partial charge in [0.05, 0.1) is 16.9 Å². The minimum absolute atomic E-state index is 0.301. The first-order chi connectivity index (χ1) is 15.4. The van der Waals surface area contributed by atoms with Crippen LogP contribution in [0, 0.1) is 0 Å². The summed E-state index contributed by atoms with van der Waals surface area (Å²) in [5.74, 6) is -0.396. The summed E-state index contributed by atoms with van der Waals surface area (Å²) in [6.07, 6.45) is 1.08. The zero-order chi connectivity index (χ0) is 22.9. The van der Waals surface area contributed by atoms with Crippen LogP contribution in [-0.4, -0.2) is 18.0 Å². The predicted octanol–water partition coefficient (Wildman–Crippen LogP) is 5.70. The fraction of sp³-hybridized carbons (Fsp3) is 0.0870. The van der Waals surface area contributed by atoms with E-state index in [1.807, 2.05) is 6.07 Å². The summed E-state index contributed by atoms with van der Waals surface area (Å²) >= 11 is 18.0. The quantitative estimate of drug-likeness (QED) is 0.241. The average Bonchev–Trinajstić information content (AvgIpc) is 2.75. The van der Waals surface area contributed by atoms with Gasteiger partial charge in [-0.2, -0.15) is 5.10 Å². The molecule has 0 unspecified atom stereocenters. The Morgan fingerprint density at radius 2 is 1.66 bits per heavy atom. The Labute approximate surface area is 200 Å². The van der Waals surface area contributed by atoms with Gasteiger partial charge in [-0.1, -0.05) is 53.0 Å². The molecule has 9 heteroatoms. The smallest absolute Gasteiger partial charge is 0.249 e. The molecule has 3 rings (SSSR count). The monoisotopic (exact) mass is 489 g/mol. The van der Waals surface area contributed by atoms with Crippen LogP contribution in [0.25, 0.3) is 0 Å². The molecular weight excluding hydrogens is 473 g/mol. The number of para-hydroxylation sites is 1. The van der Waals surface area contributed by atoms with Gasteiger partial charge >= 0.3 is 0 Å². The molecule has 3 aromatic rings. The van der Waals surface area contributed by atoms with Gasteiger partial charge in [-0.15, -0.1) is 0 Å². The first-order valence-electron chi connectivity index (χ1n) is 9.44. The van der Waals surface area contributed by atoms with Gasteiger partial charge in [-0.3, -0.25) is 9.59 Å². The molecule has 0 heterocycles. The van der Waals surface area contributed by atoms with Crippen LogP contribution in [0.1, 0.15) is 17.5 Å². The standard InChI is InChI=1S/C23H18Cl3N3O3/c24-17-8-7-16(20(26)11-17)14-32-18-9-5-15(6-10-18)13-27-29-23(31)12-22(30)28-21-4-2-1-3-19(21)25/h1-11,13H,12,14H2,(H,28,30)(H,29,31). The van der Waals surface area contributed by atoms with Crippen molar-refractivity contribution in [1.29, 1.82) is 0 Å². The maximum Gasteiger partial charge on any atom is 0.249 e. The third-order valence-electron chi connectivity index (χ3n) is 4.16. The van der Waals surface area contributed by atoms with Crippen molar-refractivity contribution in [3.05, 3.63) is 92.9 Å². The van der Waals surface area contributed by atoms with Gasteiger partial charge in [0, 0.05) is 15.6 Å². The largest absolute Gasteiger partial charge is 0.489 e. The lowest BCUT2D eigenvalue weighted by Crippen LogP contribution is -2.24. The summed E-state index contributed by atoms with van der Waals surface area (Å²) in [7, 11) is 0. The number of amides is 2. The van der Waals surface area contributed by atoms with Crippen molar-refractivity contribution in [2.45, 2.75) is 13.0 Å². The van der Waals surface area contributed by atoms with E-state index in [0.29, 0.717) is 33.1 Å². The average molecular weight is 491 g/mol. The maximum atomic E-state index is 11.9. The molecule has 0 saturated heterocycles. The van der Waals surface area contributed by atoms with Crippen LogP contribution in [0.15, 0.2) is 71.8 Å². The zero-order valence-electron chi connectivity index (χ0n) is 16.6. The lowest BCUT2D eigenvalue weighted by atomic mass is 10.2. The van der Waals surface area contributed by atoms with Crippen LogP contribution >= 0.6 is 34.8 Å². The summed E-state index contributed by atoms with van der Waals surface area (Å²) in [6, 6.07) is 19.1. The fourth-order valence-corrected chi connectivity index (χ4v) is 3.22. The highest BCUT2D eigenvalue weighted by molar-refractivity contribution is 6.35. The Bertz CT molecular complexity index is 1130. The number of carbonyl (C=O) groups excluding carboxylic acids is 2. The summed E-state index contributed by atoms with van der Waals surface area (Å²) in [4.78, 5) is 23.8. The highest BCUT2D eigenvalue weighted by Gasteiger charge is 2.10. The predicted molar refractivity (Wildman–Crippen MR) is 128 cm³/mol. The molecule has 0 spiro atoms. The molecule has 0 saturated carbocycles. The van der Waals surface area contributed by atoms with Gasteiger partial charge in [0.2, 0.25) is 11.8 Å². The summed E-state index contributed by atoms with van der Waals surface area (Å²) in [5, 5.41) is 7.93. The molecule has 164 valence electrons. The van der Waals surface area contributed by atoms with E-state index in [9.17, 15) is 9.59 Å². The SMILES string of the molecule is O=C(CC(=O)Nc1ccccc1Cl)NN=Cc1ccc(OCc2ccc(Cl)cc2Cl)cc1. The van der Waals surface area contributed by atoms with Gasteiger partial charge in [0.1, 0.15) is 18.8 Å². The number of ether oxygens (including phenoxy) is 1. The fourth-order valence-electron chi connectivity index (χ4n) is 2.57. The van der Waals surface area contributed by atoms with Gasteiger partial charge in [0.25, 0.3) is 0 Å². The minimum atomic E-state index is -0.550. The number of carbonyl (C=O) groups is 2. The first-order valence-corrected chi connectivity index (χ1v) is 10.6. The second kappa shape index (κ2) is 11.5. The lowest BCUT2D eigenvalue weighted by molar-refractivity contribution is -0.126. The summed E-state index contributed by atoms with van der Waals surface area (Å²) < 4.78 is 5.72. The van der Waals surface area contributed by atoms with Crippen LogP contribution in [0.5, 0.6) is 5.75 Å². The van der Waals surface area contributed by atoms with E-state index in [-0.39, 0.29) is 6.42 Å². The van der Waals surface area contributed by atoms with Crippen LogP contribution in [-0.2, 0) is 16.2 Å². The number of nitrogens with zero attached hydrogens (tertiary/aromatic N) is 1. The van der Waals surface area contributed by atoms with Crippen LogP contribution in [0.3, 0.4) is 0 Å². The molecule has 2 N–H and O–H groups in total. The number of hydrogen-bond acceptors (Lipinski definition) is 4. The van der Waals surface area contributed by atoms with Crippen molar-refractivity contribution < 1.29 is 14.3 Å². The summed E-state index contributed by atoms with van der Waals surface area (Å²) in [5.41, 5.74) is 4.32. The van der Waals surface area contributed by atoms with E-state index in [1.54, 1.807) is 60.7 Å². The summed E-state index contributed by atoms with van der Waals surface area (Å²) in [6.45, 7) is 0.301. The molecule has 0 aliphatic heterocycles. The molecule has 32 heavy (non-hydrogen) atoms. The van der Waals surface area contributed by atoms with Crippen LogP contribution < -0.4 is 15.5 Å². The maximum absolute atomic E-state index is 11.9. The molecular formula is C23H18Cl3N3O3. The van der Waals surface area contributed by atoms with Crippen molar-refractivity contribution >= 4 is 58.5 Å².